The Kier molecular flexibility index (Phi) is 5.64. The number of carboxylic acid groups (broad SMARTS) is 1. The topological polar surface area (TPSA) is 58.4 Å². The number of likely N-dealkylation sites (tertiary alicyclic amines) is 1. The van der Waals surface area contributed by atoms with E-state index in [0.717, 1.165) is 51.3 Å². The average Bonchev–Trinajstić information content (AvgIpc) is 2.87. The fraction of sp³-hybridized carbons (Fsp3) is 0.474. The van der Waals surface area contributed by atoms with E-state index in [9.17, 15) is 4.79 Å². The fourth-order valence-corrected chi connectivity index (χ4v) is 3.45. The molecule has 3 rings (SSSR count). The highest BCUT2D eigenvalue weighted by atomic mass is 16.4. The first-order chi connectivity index (χ1) is 11.7. The summed E-state index contributed by atoms with van der Waals surface area (Å²) in [7, 11) is 0. The van der Waals surface area contributed by atoms with Crippen LogP contribution in [0.3, 0.4) is 0 Å². The third-order valence-corrected chi connectivity index (χ3v) is 4.77. The molecule has 1 aliphatic rings. The highest BCUT2D eigenvalue weighted by molar-refractivity contribution is 5.67. The zero-order valence-electron chi connectivity index (χ0n) is 14.0. The summed E-state index contributed by atoms with van der Waals surface area (Å²) in [6.45, 7) is 3.65. The summed E-state index contributed by atoms with van der Waals surface area (Å²) in [5.74, 6) is 0.721. The minimum Gasteiger partial charge on any atom is -0.481 e. The molecule has 128 valence electrons. The molecule has 1 atom stereocenters. The van der Waals surface area contributed by atoms with E-state index in [1.165, 1.54) is 5.56 Å². The third kappa shape index (κ3) is 4.68. The predicted octanol–water partition coefficient (Wildman–Crippen LogP) is 3.01. The van der Waals surface area contributed by atoms with Gasteiger partial charge in [-0.25, -0.2) is 4.98 Å². The van der Waals surface area contributed by atoms with Crippen LogP contribution < -0.4 is 0 Å². The van der Waals surface area contributed by atoms with E-state index in [0.29, 0.717) is 12.3 Å². The van der Waals surface area contributed by atoms with Gasteiger partial charge < -0.3 is 9.67 Å². The first-order valence-corrected chi connectivity index (χ1v) is 8.69. The van der Waals surface area contributed by atoms with Crippen molar-refractivity contribution in [3.05, 3.63) is 54.1 Å². The number of imidazole rings is 1. The molecule has 0 spiro atoms. The summed E-state index contributed by atoms with van der Waals surface area (Å²) >= 11 is 0. The molecule has 1 fully saturated rings. The van der Waals surface area contributed by atoms with E-state index in [1.54, 1.807) is 0 Å². The second-order valence-electron chi connectivity index (χ2n) is 6.63. The van der Waals surface area contributed by atoms with Crippen LogP contribution in [-0.4, -0.2) is 38.6 Å². The number of hydrogen-bond donors (Lipinski definition) is 1. The second-order valence-corrected chi connectivity index (χ2v) is 6.63. The van der Waals surface area contributed by atoms with Gasteiger partial charge in [-0.2, -0.15) is 0 Å². The van der Waals surface area contributed by atoms with Crippen LogP contribution in [0.4, 0.5) is 0 Å². The van der Waals surface area contributed by atoms with Crippen LogP contribution in [-0.2, 0) is 17.9 Å². The SMILES string of the molecule is O=C(O)CC1CCCN(Cc2nccn2Cc2ccccc2)CC1. The molecule has 1 N–H and O–H groups in total. The Balaban J connectivity index is 1.58. The molecule has 1 unspecified atom stereocenters. The summed E-state index contributed by atoms with van der Waals surface area (Å²) in [5.41, 5.74) is 1.27. The summed E-state index contributed by atoms with van der Waals surface area (Å²) in [6, 6.07) is 10.4. The summed E-state index contributed by atoms with van der Waals surface area (Å²) in [4.78, 5) is 17.8. The summed E-state index contributed by atoms with van der Waals surface area (Å²) in [6.07, 6.45) is 7.25. The Hall–Kier alpha value is -2.14. The number of carboxylic acids is 1. The molecule has 5 heteroatoms. The van der Waals surface area contributed by atoms with Crippen molar-refractivity contribution >= 4 is 5.97 Å². The minimum absolute atomic E-state index is 0.302. The van der Waals surface area contributed by atoms with Gasteiger partial charge in [0, 0.05) is 25.4 Å². The molecular weight excluding hydrogens is 302 g/mol. The van der Waals surface area contributed by atoms with Gasteiger partial charge in [-0.1, -0.05) is 30.3 Å². The Morgan fingerprint density at radius 2 is 2.00 bits per heavy atom. The maximum atomic E-state index is 10.9. The number of aliphatic carboxylic acids is 1. The predicted molar refractivity (Wildman–Crippen MR) is 92.6 cm³/mol. The minimum atomic E-state index is -0.674. The van der Waals surface area contributed by atoms with E-state index in [-0.39, 0.29) is 0 Å². The van der Waals surface area contributed by atoms with Gasteiger partial charge >= 0.3 is 5.97 Å². The summed E-state index contributed by atoms with van der Waals surface area (Å²) < 4.78 is 2.20. The molecule has 1 aromatic carbocycles. The molecule has 1 aromatic heterocycles. The number of hydrogen-bond acceptors (Lipinski definition) is 3. The molecule has 1 aliphatic heterocycles. The molecule has 0 saturated carbocycles. The van der Waals surface area contributed by atoms with E-state index in [1.807, 2.05) is 18.5 Å². The lowest BCUT2D eigenvalue weighted by atomic mass is 9.97. The number of rotatable bonds is 6. The largest absolute Gasteiger partial charge is 0.481 e. The van der Waals surface area contributed by atoms with Gasteiger partial charge in [0.15, 0.2) is 0 Å². The number of benzene rings is 1. The lowest BCUT2D eigenvalue weighted by molar-refractivity contribution is -0.138. The van der Waals surface area contributed by atoms with Gasteiger partial charge in [-0.3, -0.25) is 9.69 Å². The van der Waals surface area contributed by atoms with Gasteiger partial charge in [-0.15, -0.1) is 0 Å². The van der Waals surface area contributed by atoms with Crippen molar-refractivity contribution in [3.8, 4) is 0 Å². The van der Waals surface area contributed by atoms with Crippen LogP contribution >= 0.6 is 0 Å². The molecule has 2 heterocycles. The Morgan fingerprint density at radius 3 is 2.79 bits per heavy atom. The molecular formula is C19H25N3O2. The zero-order valence-corrected chi connectivity index (χ0v) is 14.0. The third-order valence-electron chi connectivity index (χ3n) is 4.77. The lowest BCUT2D eigenvalue weighted by Crippen LogP contribution is -2.26. The van der Waals surface area contributed by atoms with Crippen LogP contribution in [0.15, 0.2) is 42.7 Å². The van der Waals surface area contributed by atoms with Gasteiger partial charge in [0.05, 0.1) is 6.54 Å². The van der Waals surface area contributed by atoms with Crippen molar-refractivity contribution < 1.29 is 9.90 Å². The van der Waals surface area contributed by atoms with Crippen molar-refractivity contribution in [3.63, 3.8) is 0 Å². The quantitative estimate of drug-likeness (QED) is 0.886. The van der Waals surface area contributed by atoms with Gasteiger partial charge in [0.25, 0.3) is 0 Å². The first-order valence-electron chi connectivity index (χ1n) is 8.69. The highest BCUT2D eigenvalue weighted by Gasteiger charge is 2.20. The normalized spacial score (nSPS) is 19.1. The monoisotopic (exact) mass is 327 g/mol. The van der Waals surface area contributed by atoms with Gasteiger partial charge in [-0.05, 0) is 43.8 Å². The van der Waals surface area contributed by atoms with E-state index >= 15 is 0 Å². The van der Waals surface area contributed by atoms with Crippen LogP contribution in [0.5, 0.6) is 0 Å². The smallest absolute Gasteiger partial charge is 0.303 e. The Labute approximate surface area is 142 Å². The molecule has 0 amide bonds. The molecule has 0 radical (unpaired) electrons. The van der Waals surface area contributed by atoms with Crippen LogP contribution in [0.1, 0.15) is 37.1 Å². The van der Waals surface area contributed by atoms with Crippen molar-refractivity contribution in [1.82, 2.24) is 14.5 Å². The summed E-state index contributed by atoms with van der Waals surface area (Å²) in [5, 5.41) is 8.98. The van der Waals surface area contributed by atoms with Crippen LogP contribution in [0.2, 0.25) is 0 Å². The lowest BCUT2D eigenvalue weighted by Gasteiger charge is -2.20. The molecule has 24 heavy (non-hydrogen) atoms. The van der Waals surface area contributed by atoms with E-state index in [2.05, 4.69) is 38.7 Å². The molecule has 5 nitrogen and oxygen atoms in total. The molecule has 1 saturated heterocycles. The zero-order chi connectivity index (χ0) is 16.8. The number of aromatic nitrogens is 2. The van der Waals surface area contributed by atoms with Crippen LogP contribution in [0, 0.1) is 5.92 Å². The highest BCUT2D eigenvalue weighted by Crippen LogP contribution is 2.21. The van der Waals surface area contributed by atoms with Gasteiger partial charge in [0.1, 0.15) is 5.82 Å². The standard InChI is InChI=1S/C19H25N3O2/c23-19(24)13-16-7-4-10-21(11-8-16)15-18-20-9-12-22(18)14-17-5-2-1-3-6-17/h1-3,5-6,9,12,16H,4,7-8,10-11,13-15H2,(H,23,24). The van der Waals surface area contributed by atoms with Crippen molar-refractivity contribution in [1.29, 1.82) is 0 Å². The molecule has 0 aliphatic carbocycles. The maximum absolute atomic E-state index is 10.9. The average molecular weight is 327 g/mol. The maximum Gasteiger partial charge on any atom is 0.303 e. The van der Waals surface area contributed by atoms with Crippen molar-refractivity contribution in [2.75, 3.05) is 13.1 Å². The Bertz CT molecular complexity index is 654. The molecule has 0 bridgehead atoms. The van der Waals surface area contributed by atoms with Gasteiger partial charge in [0.2, 0.25) is 0 Å². The number of carbonyl (C=O) groups is 1. The second kappa shape index (κ2) is 8.11. The van der Waals surface area contributed by atoms with Crippen molar-refractivity contribution in [2.24, 2.45) is 5.92 Å². The first kappa shape index (κ1) is 16.7. The van der Waals surface area contributed by atoms with E-state index < -0.39 is 5.97 Å². The van der Waals surface area contributed by atoms with Crippen LogP contribution in [0.25, 0.3) is 0 Å². The van der Waals surface area contributed by atoms with Crippen molar-refractivity contribution in [2.45, 2.75) is 38.8 Å². The van der Waals surface area contributed by atoms with E-state index in [4.69, 9.17) is 5.11 Å². The molecule has 2 aromatic rings. The fourth-order valence-electron chi connectivity index (χ4n) is 3.45. The Morgan fingerprint density at radius 1 is 1.17 bits per heavy atom. The number of nitrogens with zero attached hydrogens (tertiary/aromatic N) is 3.